The van der Waals surface area contributed by atoms with Gasteiger partial charge >= 0.3 is 0 Å². The van der Waals surface area contributed by atoms with Gasteiger partial charge < -0.3 is 4.57 Å². The van der Waals surface area contributed by atoms with Gasteiger partial charge in [0.2, 0.25) is 0 Å². The van der Waals surface area contributed by atoms with Crippen LogP contribution in [0.5, 0.6) is 0 Å². The summed E-state index contributed by atoms with van der Waals surface area (Å²) in [6.07, 6.45) is 1.70. The predicted molar refractivity (Wildman–Crippen MR) is 85.3 cm³/mol. The van der Waals surface area contributed by atoms with Gasteiger partial charge in [-0.3, -0.25) is 0 Å². The molecule has 0 amide bonds. The first-order valence-corrected chi connectivity index (χ1v) is 7.79. The lowest BCUT2D eigenvalue weighted by molar-refractivity contribution is 0.626. The van der Waals surface area contributed by atoms with Crippen molar-refractivity contribution in [1.82, 2.24) is 14.5 Å². The van der Waals surface area contributed by atoms with Crippen LogP contribution < -0.4 is 0 Å². The largest absolute Gasteiger partial charge is 0.307 e. The molecule has 3 aromatic rings. The van der Waals surface area contributed by atoms with Crippen molar-refractivity contribution >= 4 is 50.3 Å². The van der Waals surface area contributed by atoms with Crippen LogP contribution in [0, 0.1) is 5.82 Å². The number of halogens is 4. The zero-order valence-corrected chi connectivity index (χ0v) is 13.8. The Kier molecular flexibility index (Phi) is 4.15. The van der Waals surface area contributed by atoms with Crippen LogP contribution in [0.15, 0.2) is 34.9 Å². The van der Waals surface area contributed by atoms with Crippen molar-refractivity contribution in [1.29, 1.82) is 0 Å². The van der Waals surface area contributed by atoms with Crippen molar-refractivity contribution in [2.75, 3.05) is 0 Å². The van der Waals surface area contributed by atoms with Crippen LogP contribution in [-0.4, -0.2) is 14.5 Å². The second-order valence-corrected chi connectivity index (χ2v) is 6.08. The van der Waals surface area contributed by atoms with Gasteiger partial charge in [-0.2, -0.15) is 0 Å². The summed E-state index contributed by atoms with van der Waals surface area (Å²) in [5.41, 5.74) is 2.35. The van der Waals surface area contributed by atoms with Crippen LogP contribution in [0.1, 0.15) is 11.4 Å². The summed E-state index contributed by atoms with van der Waals surface area (Å²) in [4.78, 5) is 8.83. The van der Waals surface area contributed by atoms with Gasteiger partial charge in [-0.05, 0) is 39.7 Å². The maximum Gasteiger partial charge on any atom is 0.160 e. The van der Waals surface area contributed by atoms with Crippen molar-refractivity contribution in [3.05, 3.63) is 57.2 Å². The Hall–Kier alpha value is -1.17. The number of benzene rings is 1. The predicted octanol–water partition coefficient (Wildman–Crippen LogP) is 4.77. The normalized spacial score (nSPS) is 11.2. The summed E-state index contributed by atoms with van der Waals surface area (Å²) >= 11 is 15.1. The number of imidazole rings is 1. The Labute approximate surface area is 138 Å². The number of nitrogens with zero attached hydrogens (tertiary/aromatic N) is 3. The Morgan fingerprint density at radius 2 is 2.10 bits per heavy atom. The molecule has 0 fully saturated rings. The lowest BCUT2D eigenvalue weighted by Crippen LogP contribution is -2.05. The van der Waals surface area contributed by atoms with Crippen LogP contribution in [0.3, 0.4) is 0 Å². The first kappa shape index (κ1) is 14.8. The molecule has 0 aliphatic heterocycles. The minimum Gasteiger partial charge on any atom is -0.307 e. The Balaban J connectivity index is 2.08. The first-order valence-electron chi connectivity index (χ1n) is 6.09. The molecule has 21 heavy (non-hydrogen) atoms. The Morgan fingerprint density at radius 3 is 2.81 bits per heavy atom. The third kappa shape index (κ3) is 2.91. The number of aromatic nitrogens is 3. The van der Waals surface area contributed by atoms with Gasteiger partial charge in [0.15, 0.2) is 5.65 Å². The zero-order valence-electron chi connectivity index (χ0n) is 10.7. The summed E-state index contributed by atoms with van der Waals surface area (Å²) in [6.45, 7) is 0.479. The first-order chi connectivity index (χ1) is 10.1. The van der Waals surface area contributed by atoms with Crippen LogP contribution in [0.25, 0.3) is 11.2 Å². The van der Waals surface area contributed by atoms with E-state index < -0.39 is 5.82 Å². The van der Waals surface area contributed by atoms with Crippen molar-refractivity contribution in [2.45, 2.75) is 12.4 Å². The van der Waals surface area contributed by atoms with Crippen LogP contribution in [0.4, 0.5) is 4.39 Å². The quantitative estimate of drug-likeness (QED) is 0.605. The lowest BCUT2D eigenvalue weighted by Gasteiger charge is -2.08. The van der Waals surface area contributed by atoms with E-state index in [1.807, 2.05) is 10.6 Å². The molecular weight excluding hydrogens is 380 g/mol. The van der Waals surface area contributed by atoms with E-state index in [9.17, 15) is 4.39 Å². The molecule has 0 atom stereocenters. The van der Waals surface area contributed by atoms with E-state index in [-0.39, 0.29) is 10.9 Å². The molecule has 7 heteroatoms. The van der Waals surface area contributed by atoms with E-state index in [1.54, 1.807) is 18.3 Å². The van der Waals surface area contributed by atoms with Crippen LogP contribution in [0.2, 0.25) is 5.02 Å². The Morgan fingerprint density at radius 1 is 1.29 bits per heavy atom. The second kappa shape index (κ2) is 5.91. The van der Waals surface area contributed by atoms with Crippen molar-refractivity contribution < 1.29 is 4.39 Å². The molecule has 108 valence electrons. The number of fused-ring (bicyclic) bond motifs is 1. The molecule has 2 heterocycles. The molecule has 0 saturated carbocycles. The number of hydrogen-bond acceptors (Lipinski definition) is 2. The van der Waals surface area contributed by atoms with E-state index in [2.05, 4.69) is 25.9 Å². The van der Waals surface area contributed by atoms with E-state index in [4.69, 9.17) is 23.2 Å². The summed E-state index contributed by atoms with van der Waals surface area (Å²) in [5.74, 6) is 0.538. The highest BCUT2D eigenvalue weighted by Crippen LogP contribution is 2.22. The van der Waals surface area contributed by atoms with Gasteiger partial charge in [-0.25, -0.2) is 14.4 Å². The molecule has 3 nitrogen and oxygen atoms in total. The smallest absolute Gasteiger partial charge is 0.160 e. The van der Waals surface area contributed by atoms with Gasteiger partial charge in [-0.1, -0.05) is 17.7 Å². The third-order valence-corrected chi connectivity index (χ3v) is 4.04. The standard InChI is InChI=1S/C14H9BrCl2FN3/c15-9-4-12-14(19-6-9)21(13(5-16)20-12)7-8-1-2-11(18)10(17)3-8/h1-4,6H,5,7H2. The number of alkyl halides is 1. The van der Waals surface area contributed by atoms with Gasteiger partial charge in [-0.15, -0.1) is 11.6 Å². The highest BCUT2D eigenvalue weighted by atomic mass is 79.9. The second-order valence-electron chi connectivity index (χ2n) is 4.49. The van der Waals surface area contributed by atoms with E-state index in [0.29, 0.717) is 12.4 Å². The van der Waals surface area contributed by atoms with E-state index in [1.165, 1.54) is 6.07 Å². The fourth-order valence-corrected chi connectivity index (χ4v) is 2.85. The van der Waals surface area contributed by atoms with Gasteiger partial charge in [0.25, 0.3) is 0 Å². The van der Waals surface area contributed by atoms with Gasteiger partial charge in [0.1, 0.15) is 17.2 Å². The minimum atomic E-state index is -0.435. The van der Waals surface area contributed by atoms with Crippen molar-refractivity contribution in [2.24, 2.45) is 0 Å². The van der Waals surface area contributed by atoms with Crippen LogP contribution in [-0.2, 0) is 12.4 Å². The van der Waals surface area contributed by atoms with E-state index in [0.717, 1.165) is 21.2 Å². The zero-order chi connectivity index (χ0) is 15.0. The molecule has 0 N–H and O–H groups in total. The molecule has 0 aliphatic carbocycles. The lowest BCUT2D eigenvalue weighted by atomic mass is 10.2. The highest BCUT2D eigenvalue weighted by molar-refractivity contribution is 9.10. The van der Waals surface area contributed by atoms with Gasteiger partial charge in [0.05, 0.1) is 17.4 Å². The monoisotopic (exact) mass is 387 g/mol. The fraction of sp³-hybridized carbons (Fsp3) is 0.143. The van der Waals surface area contributed by atoms with Crippen molar-refractivity contribution in [3.8, 4) is 0 Å². The number of hydrogen-bond donors (Lipinski definition) is 0. The maximum absolute atomic E-state index is 13.2. The average molecular weight is 389 g/mol. The molecule has 0 aliphatic rings. The SMILES string of the molecule is Fc1ccc(Cn2c(CCl)nc3cc(Br)cnc32)cc1Cl. The molecule has 0 spiro atoms. The summed E-state index contributed by atoms with van der Waals surface area (Å²) in [7, 11) is 0. The highest BCUT2D eigenvalue weighted by Gasteiger charge is 2.12. The molecule has 0 unspecified atom stereocenters. The fourth-order valence-electron chi connectivity index (χ4n) is 2.12. The summed E-state index contributed by atoms with van der Waals surface area (Å²) in [5, 5.41) is 0.0973. The molecule has 0 radical (unpaired) electrons. The average Bonchev–Trinajstić information content (AvgIpc) is 2.80. The topological polar surface area (TPSA) is 30.7 Å². The summed E-state index contributed by atoms with van der Waals surface area (Å²) < 4.78 is 16.0. The number of rotatable bonds is 3. The summed E-state index contributed by atoms with van der Waals surface area (Å²) in [6, 6.07) is 6.51. The molecule has 3 rings (SSSR count). The van der Waals surface area contributed by atoms with Crippen LogP contribution >= 0.6 is 39.1 Å². The molecule has 0 bridgehead atoms. The molecular formula is C14H9BrCl2FN3. The minimum absolute atomic E-state index is 0.0973. The van der Waals surface area contributed by atoms with E-state index >= 15 is 0 Å². The van der Waals surface area contributed by atoms with Crippen molar-refractivity contribution in [3.63, 3.8) is 0 Å². The van der Waals surface area contributed by atoms with Gasteiger partial charge in [0, 0.05) is 10.7 Å². The third-order valence-electron chi connectivity index (χ3n) is 3.07. The molecule has 1 aromatic carbocycles. The molecule has 2 aromatic heterocycles. The molecule has 0 saturated heterocycles. The maximum atomic E-state index is 13.2. The Bertz CT molecular complexity index is 819. The number of pyridine rings is 1.